The predicted molar refractivity (Wildman–Crippen MR) is 57.5 cm³/mol. The molecule has 0 saturated carbocycles. The largest absolute Gasteiger partial charge is 0.195 e. The second kappa shape index (κ2) is 3.12. The van der Waals surface area contributed by atoms with E-state index in [2.05, 4.69) is 41.4 Å². The van der Waals surface area contributed by atoms with Crippen LogP contribution in [0.3, 0.4) is 0 Å². The Bertz CT molecular complexity index is 206. The maximum Gasteiger partial charge on any atom is 0.195 e. The molecule has 1 aliphatic rings. The van der Waals surface area contributed by atoms with Gasteiger partial charge < -0.3 is 0 Å². The molecule has 0 unspecified atom stereocenters. The zero-order chi connectivity index (χ0) is 9.46. The van der Waals surface area contributed by atoms with Crippen LogP contribution >= 0.6 is 0 Å². The van der Waals surface area contributed by atoms with E-state index in [1.54, 1.807) is 22.1 Å². The van der Waals surface area contributed by atoms with Gasteiger partial charge in [-0.15, -0.1) is 0 Å². The first kappa shape index (κ1) is 9.63. The third kappa shape index (κ3) is 1.26. The molecular formula is C11H19B. The fraction of sp³-hybridized carbons (Fsp3) is 0.636. The highest BCUT2D eigenvalue weighted by atomic mass is 14.2. The van der Waals surface area contributed by atoms with Crippen LogP contribution in [0.2, 0.25) is 6.82 Å². The Hall–Kier alpha value is -0.455. The number of hydrogen-bond acceptors (Lipinski definition) is 0. The van der Waals surface area contributed by atoms with E-state index in [0.717, 1.165) is 0 Å². The average molecular weight is 162 g/mol. The van der Waals surface area contributed by atoms with Gasteiger partial charge in [0.15, 0.2) is 6.71 Å². The molecular weight excluding hydrogens is 143 g/mol. The minimum Gasteiger partial charge on any atom is -0.0997 e. The molecule has 0 aromatic carbocycles. The highest BCUT2D eigenvalue weighted by Gasteiger charge is 2.24. The van der Waals surface area contributed by atoms with Gasteiger partial charge in [-0.2, -0.15) is 0 Å². The Balaban J connectivity index is 3.13. The summed E-state index contributed by atoms with van der Waals surface area (Å²) in [6.07, 6.45) is 0. The molecule has 0 aromatic rings. The van der Waals surface area contributed by atoms with Crippen molar-refractivity contribution in [1.82, 2.24) is 0 Å². The van der Waals surface area contributed by atoms with Crippen molar-refractivity contribution in [3.8, 4) is 0 Å². The molecule has 1 heterocycles. The van der Waals surface area contributed by atoms with Gasteiger partial charge in [-0.25, -0.2) is 0 Å². The zero-order valence-corrected chi connectivity index (χ0v) is 9.15. The molecule has 0 N–H and O–H groups in total. The maximum atomic E-state index is 2.31. The summed E-state index contributed by atoms with van der Waals surface area (Å²) in [5.74, 6) is 0.668. The third-order valence-electron chi connectivity index (χ3n) is 3.84. The van der Waals surface area contributed by atoms with Crippen LogP contribution < -0.4 is 0 Å². The third-order valence-corrected chi connectivity index (χ3v) is 3.84. The van der Waals surface area contributed by atoms with Crippen molar-refractivity contribution >= 4 is 6.71 Å². The molecule has 1 rings (SSSR count). The van der Waals surface area contributed by atoms with E-state index < -0.39 is 0 Å². The Kier molecular flexibility index (Phi) is 2.50. The fourth-order valence-corrected chi connectivity index (χ4v) is 2.02. The van der Waals surface area contributed by atoms with Crippen molar-refractivity contribution in [2.75, 3.05) is 0 Å². The SMILES string of the molecule is CB1C(C)=C(C)C(C)C(C)=C1C. The smallest absolute Gasteiger partial charge is 0.0997 e. The molecule has 0 radical (unpaired) electrons. The van der Waals surface area contributed by atoms with Crippen molar-refractivity contribution in [1.29, 1.82) is 0 Å². The summed E-state index contributed by atoms with van der Waals surface area (Å²) in [6.45, 7) is 14.4. The Morgan fingerprint density at radius 3 is 1.58 bits per heavy atom. The van der Waals surface area contributed by atoms with Gasteiger partial charge in [-0.05, 0) is 19.8 Å². The summed E-state index contributed by atoms with van der Waals surface area (Å²) in [4.78, 5) is 0. The Morgan fingerprint density at radius 1 is 0.917 bits per heavy atom. The van der Waals surface area contributed by atoms with Crippen molar-refractivity contribution in [3.05, 3.63) is 22.1 Å². The normalized spacial score (nSPS) is 21.0. The molecule has 0 nitrogen and oxygen atoms in total. The molecule has 0 bridgehead atoms. The Labute approximate surface area is 76.8 Å². The second-order valence-corrected chi connectivity index (χ2v) is 4.18. The number of hydrogen-bond donors (Lipinski definition) is 0. The van der Waals surface area contributed by atoms with E-state index in [0.29, 0.717) is 12.6 Å². The summed E-state index contributed by atoms with van der Waals surface area (Å²) in [5, 5.41) is 0. The molecule has 0 amide bonds. The van der Waals surface area contributed by atoms with Gasteiger partial charge in [0.1, 0.15) is 0 Å². The molecule has 0 aliphatic carbocycles. The van der Waals surface area contributed by atoms with Gasteiger partial charge in [0.2, 0.25) is 0 Å². The predicted octanol–water partition coefficient (Wildman–Crippen LogP) is 3.51. The summed E-state index contributed by atoms with van der Waals surface area (Å²) in [5.41, 5.74) is 6.30. The van der Waals surface area contributed by atoms with Crippen LogP contribution in [-0.2, 0) is 0 Å². The minimum atomic E-state index is 0.668. The lowest BCUT2D eigenvalue weighted by Crippen LogP contribution is -2.23. The van der Waals surface area contributed by atoms with Crippen LogP contribution in [0.4, 0.5) is 0 Å². The number of allylic oxidation sites excluding steroid dienone is 4. The lowest BCUT2D eigenvalue weighted by atomic mass is 9.38. The Morgan fingerprint density at radius 2 is 1.25 bits per heavy atom. The van der Waals surface area contributed by atoms with Gasteiger partial charge in [-0.1, -0.05) is 49.7 Å². The standard InChI is InChI=1S/C11H19B/c1-7-8(2)10(4)12(6)11(5)9(7)3/h7H,1-6H3. The lowest BCUT2D eigenvalue weighted by Gasteiger charge is -2.28. The molecule has 12 heavy (non-hydrogen) atoms. The van der Waals surface area contributed by atoms with Crippen LogP contribution in [0, 0.1) is 5.92 Å². The van der Waals surface area contributed by atoms with Crippen LogP contribution in [0.15, 0.2) is 22.1 Å². The van der Waals surface area contributed by atoms with E-state index >= 15 is 0 Å². The van der Waals surface area contributed by atoms with Gasteiger partial charge in [0, 0.05) is 0 Å². The van der Waals surface area contributed by atoms with E-state index in [-0.39, 0.29) is 0 Å². The first-order valence-electron chi connectivity index (χ1n) is 4.81. The molecule has 0 spiro atoms. The minimum absolute atomic E-state index is 0.668. The molecule has 0 fully saturated rings. The summed E-state index contributed by atoms with van der Waals surface area (Å²) < 4.78 is 0. The topological polar surface area (TPSA) is 0 Å². The summed E-state index contributed by atoms with van der Waals surface area (Å²) in [6, 6.07) is 0. The first-order valence-corrected chi connectivity index (χ1v) is 4.81. The quantitative estimate of drug-likeness (QED) is 0.478. The van der Waals surface area contributed by atoms with E-state index in [4.69, 9.17) is 0 Å². The van der Waals surface area contributed by atoms with Crippen LogP contribution in [0.1, 0.15) is 34.6 Å². The fourth-order valence-electron chi connectivity index (χ4n) is 2.02. The van der Waals surface area contributed by atoms with Crippen LogP contribution in [-0.4, -0.2) is 6.71 Å². The monoisotopic (exact) mass is 162 g/mol. The van der Waals surface area contributed by atoms with Crippen molar-refractivity contribution in [2.45, 2.75) is 41.4 Å². The first-order chi connectivity index (χ1) is 5.46. The summed E-state index contributed by atoms with van der Waals surface area (Å²) in [7, 11) is 0. The molecule has 0 saturated heterocycles. The van der Waals surface area contributed by atoms with E-state index in [9.17, 15) is 0 Å². The molecule has 1 aliphatic heterocycles. The maximum absolute atomic E-state index is 2.31. The van der Waals surface area contributed by atoms with E-state index in [1.165, 1.54) is 0 Å². The van der Waals surface area contributed by atoms with Crippen molar-refractivity contribution in [2.24, 2.45) is 5.92 Å². The molecule has 1 heteroatoms. The second-order valence-electron chi connectivity index (χ2n) is 4.18. The summed E-state index contributed by atoms with van der Waals surface area (Å²) >= 11 is 0. The number of rotatable bonds is 0. The highest BCUT2D eigenvalue weighted by molar-refractivity contribution is 6.73. The van der Waals surface area contributed by atoms with Gasteiger partial charge in [0.05, 0.1) is 0 Å². The zero-order valence-electron chi connectivity index (χ0n) is 9.15. The molecule has 0 atom stereocenters. The average Bonchev–Trinajstić information content (AvgIpc) is 2.08. The van der Waals surface area contributed by atoms with E-state index in [1.807, 2.05) is 0 Å². The van der Waals surface area contributed by atoms with Gasteiger partial charge in [0.25, 0.3) is 0 Å². The van der Waals surface area contributed by atoms with Crippen LogP contribution in [0.5, 0.6) is 0 Å². The molecule has 66 valence electrons. The van der Waals surface area contributed by atoms with Crippen molar-refractivity contribution in [3.63, 3.8) is 0 Å². The lowest BCUT2D eigenvalue weighted by molar-refractivity contribution is 0.780. The van der Waals surface area contributed by atoms with Gasteiger partial charge in [-0.3, -0.25) is 0 Å². The van der Waals surface area contributed by atoms with Crippen LogP contribution in [0.25, 0.3) is 0 Å². The molecule has 0 aromatic heterocycles. The van der Waals surface area contributed by atoms with Crippen molar-refractivity contribution < 1.29 is 0 Å². The highest BCUT2D eigenvalue weighted by Crippen LogP contribution is 2.32. The van der Waals surface area contributed by atoms with Gasteiger partial charge >= 0.3 is 0 Å².